The van der Waals surface area contributed by atoms with Crippen LogP contribution in [-0.4, -0.2) is 20.2 Å². The second-order valence-corrected chi connectivity index (χ2v) is 4.49. The molecule has 0 amide bonds. The van der Waals surface area contributed by atoms with Gasteiger partial charge in [-0.15, -0.1) is 0 Å². The molecule has 1 aromatic rings. The van der Waals surface area contributed by atoms with E-state index in [1.807, 2.05) is 0 Å². The van der Waals surface area contributed by atoms with E-state index in [9.17, 15) is 13.2 Å². The molecule has 1 aliphatic heterocycles. The van der Waals surface area contributed by atoms with Gasteiger partial charge in [0.15, 0.2) is 0 Å². The lowest BCUT2D eigenvalue weighted by Gasteiger charge is -2.31. The van der Waals surface area contributed by atoms with Crippen molar-refractivity contribution in [3.63, 3.8) is 0 Å². The molecule has 100 valence electrons. The largest absolute Gasteiger partial charge is 0.496 e. The van der Waals surface area contributed by atoms with E-state index in [4.69, 9.17) is 4.74 Å². The number of rotatable bonds is 3. The maximum atomic E-state index is 14.4. The molecule has 0 saturated carbocycles. The van der Waals surface area contributed by atoms with Crippen LogP contribution in [0.25, 0.3) is 0 Å². The minimum absolute atomic E-state index is 0.0416. The van der Waals surface area contributed by atoms with E-state index >= 15 is 0 Å². The van der Waals surface area contributed by atoms with Crippen LogP contribution < -0.4 is 10.1 Å². The van der Waals surface area contributed by atoms with Gasteiger partial charge in [-0.2, -0.15) is 0 Å². The summed E-state index contributed by atoms with van der Waals surface area (Å²) in [6, 6.07) is 3.25. The number of piperidine rings is 1. The highest BCUT2D eigenvalue weighted by atomic mass is 19.3. The average Bonchev–Trinajstić information content (AvgIpc) is 2.39. The van der Waals surface area contributed by atoms with Crippen molar-refractivity contribution in [1.29, 1.82) is 0 Å². The molecule has 0 unspecified atom stereocenters. The minimum atomic E-state index is -3.06. The molecule has 0 bridgehead atoms. The molecule has 0 spiro atoms. The summed E-state index contributed by atoms with van der Waals surface area (Å²) in [7, 11) is 1.31. The van der Waals surface area contributed by atoms with Gasteiger partial charge in [-0.05, 0) is 44.1 Å². The fourth-order valence-electron chi connectivity index (χ4n) is 2.35. The Morgan fingerprint density at radius 3 is 2.56 bits per heavy atom. The Kier molecular flexibility index (Phi) is 3.80. The van der Waals surface area contributed by atoms with Gasteiger partial charge in [0.25, 0.3) is 5.92 Å². The van der Waals surface area contributed by atoms with Crippen LogP contribution in [0.5, 0.6) is 5.75 Å². The summed E-state index contributed by atoms with van der Waals surface area (Å²) in [6.45, 7) is 1.13. The Morgan fingerprint density at radius 1 is 1.28 bits per heavy atom. The van der Waals surface area contributed by atoms with Crippen molar-refractivity contribution in [3.8, 4) is 5.75 Å². The fraction of sp³-hybridized carbons (Fsp3) is 0.538. The van der Waals surface area contributed by atoms with Crippen LogP contribution in [0.1, 0.15) is 18.4 Å². The van der Waals surface area contributed by atoms with E-state index in [2.05, 4.69) is 5.32 Å². The Bertz CT molecular complexity index is 417. The lowest BCUT2D eigenvalue weighted by Crippen LogP contribution is -2.36. The summed E-state index contributed by atoms with van der Waals surface area (Å²) in [6.07, 6.45) is 0.763. The molecule has 1 saturated heterocycles. The van der Waals surface area contributed by atoms with Crippen LogP contribution in [-0.2, 0) is 5.92 Å². The summed E-state index contributed by atoms with van der Waals surface area (Å²) < 4.78 is 46.9. The third-order valence-corrected chi connectivity index (χ3v) is 3.37. The third kappa shape index (κ3) is 2.46. The van der Waals surface area contributed by atoms with E-state index in [1.165, 1.54) is 13.2 Å². The Labute approximate surface area is 104 Å². The van der Waals surface area contributed by atoms with Crippen LogP contribution in [0.3, 0.4) is 0 Å². The maximum absolute atomic E-state index is 14.4. The van der Waals surface area contributed by atoms with Gasteiger partial charge in [-0.3, -0.25) is 0 Å². The van der Waals surface area contributed by atoms with Crippen molar-refractivity contribution in [1.82, 2.24) is 5.32 Å². The first-order valence-electron chi connectivity index (χ1n) is 5.98. The zero-order chi connectivity index (χ0) is 13.2. The number of hydrogen-bond donors (Lipinski definition) is 1. The summed E-state index contributed by atoms with van der Waals surface area (Å²) in [5.41, 5.74) is -0.350. The van der Waals surface area contributed by atoms with E-state index in [-0.39, 0.29) is 11.3 Å². The third-order valence-electron chi connectivity index (χ3n) is 3.37. The smallest absolute Gasteiger partial charge is 0.279 e. The molecule has 1 heterocycles. The molecular weight excluding hydrogens is 243 g/mol. The molecule has 0 atom stereocenters. The predicted molar refractivity (Wildman–Crippen MR) is 62.4 cm³/mol. The first-order chi connectivity index (χ1) is 8.55. The van der Waals surface area contributed by atoms with Gasteiger partial charge in [-0.25, -0.2) is 13.2 Å². The first-order valence-corrected chi connectivity index (χ1v) is 5.98. The molecule has 18 heavy (non-hydrogen) atoms. The Balaban J connectivity index is 2.35. The van der Waals surface area contributed by atoms with Crippen molar-refractivity contribution in [2.75, 3.05) is 20.2 Å². The molecule has 2 nitrogen and oxygen atoms in total. The van der Waals surface area contributed by atoms with Gasteiger partial charge in [-0.1, -0.05) is 0 Å². The van der Waals surface area contributed by atoms with Crippen LogP contribution in [0.4, 0.5) is 13.2 Å². The lowest BCUT2D eigenvalue weighted by molar-refractivity contribution is -0.0770. The molecule has 1 aliphatic rings. The highest BCUT2D eigenvalue weighted by Crippen LogP contribution is 2.44. The fourth-order valence-corrected chi connectivity index (χ4v) is 2.35. The highest BCUT2D eigenvalue weighted by Gasteiger charge is 2.43. The number of benzene rings is 1. The van der Waals surface area contributed by atoms with Crippen molar-refractivity contribution < 1.29 is 17.9 Å². The van der Waals surface area contributed by atoms with Crippen molar-refractivity contribution >= 4 is 0 Å². The molecule has 2 rings (SSSR count). The standard InChI is InChI=1S/C13H16F3NO/c1-18-12-3-2-10(14)8-11(12)13(15,16)9-4-6-17-7-5-9/h2-3,8-9,17H,4-7H2,1H3. The second kappa shape index (κ2) is 5.18. The number of alkyl halides is 2. The van der Waals surface area contributed by atoms with E-state index in [0.717, 1.165) is 12.1 Å². The number of methoxy groups -OCH3 is 1. The molecule has 1 N–H and O–H groups in total. The quantitative estimate of drug-likeness (QED) is 0.901. The van der Waals surface area contributed by atoms with Crippen LogP contribution in [0, 0.1) is 11.7 Å². The summed E-state index contributed by atoms with van der Waals surface area (Å²) in [5.74, 6) is -4.45. The predicted octanol–water partition coefficient (Wildman–Crippen LogP) is 2.93. The molecular formula is C13H16F3NO. The van der Waals surface area contributed by atoms with Gasteiger partial charge in [0, 0.05) is 5.92 Å². The topological polar surface area (TPSA) is 21.3 Å². The Hall–Kier alpha value is -1.23. The van der Waals surface area contributed by atoms with E-state index in [0.29, 0.717) is 25.9 Å². The summed E-state index contributed by atoms with van der Waals surface area (Å²) in [4.78, 5) is 0. The molecule has 0 aliphatic carbocycles. The zero-order valence-electron chi connectivity index (χ0n) is 10.2. The summed E-state index contributed by atoms with van der Waals surface area (Å²) >= 11 is 0. The number of halogens is 3. The normalized spacial score (nSPS) is 17.8. The van der Waals surface area contributed by atoms with Crippen molar-refractivity contribution in [2.45, 2.75) is 18.8 Å². The van der Waals surface area contributed by atoms with Crippen LogP contribution in [0.15, 0.2) is 18.2 Å². The van der Waals surface area contributed by atoms with Gasteiger partial charge >= 0.3 is 0 Å². The van der Waals surface area contributed by atoms with Gasteiger partial charge in [0.1, 0.15) is 11.6 Å². The second-order valence-electron chi connectivity index (χ2n) is 4.49. The van der Waals surface area contributed by atoms with Gasteiger partial charge in [0.05, 0.1) is 12.7 Å². The first kappa shape index (κ1) is 13.2. The van der Waals surface area contributed by atoms with Crippen LogP contribution in [0.2, 0.25) is 0 Å². The molecule has 1 aromatic carbocycles. The SMILES string of the molecule is COc1ccc(F)cc1C(F)(F)C1CCNCC1. The van der Waals surface area contributed by atoms with Gasteiger partial charge < -0.3 is 10.1 Å². The molecule has 0 aromatic heterocycles. The minimum Gasteiger partial charge on any atom is -0.496 e. The summed E-state index contributed by atoms with van der Waals surface area (Å²) in [5, 5.41) is 3.04. The monoisotopic (exact) mass is 259 g/mol. The lowest BCUT2D eigenvalue weighted by atomic mass is 9.86. The van der Waals surface area contributed by atoms with Crippen molar-refractivity contribution in [3.05, 3.63) is 29.6 Å². The zero-order valence-corrected chi connectivity index (χ0v) is 10.2. The van der Waals surface area contributed by atoms with E-state index < -0.39 is 17.7 Å². The number of hydrogen-bond acceptors (Lipinski definition) is 2. The maximum Gasteiger partial charge on any atom is 0.279 e. The number of ether oxygens (including phenoxy) is 1. The van der Waals surface area contributed by atoms with Crippen LogP contribution >= 0.6 is 0 Å². The average molecular weight is 259 g/mol. The Morgan fingerprint density at radius 2 is 1.94 bits per heavy atom. The molecule has 0 radical (unpaired) electrons. The van der Waals surface area contributed by atoms with E-state index in [1.54, 1.807) is 0 Å². The number of nitrogens with one attached hydrogen (secondary N) is 1. The van der Waals surface area contributed by atoms with Crippen molar-refractivity contribution in [2.24, 2.45) is 5.92 Å². The van der Waals surface area contributed by atoms with Gasteiger partial charge in [0.2, 0.25) is 0 Å². The molecule has 5 heteroatoms. The highest BCUT2D eigenvalue weighted by molar-refractivity contribution is 5.37. The molecule has 1 fully saturated rings.